The summed E-state index contributed by atoms with van der Waals surface area (Å²) in [4.78, 5) is 34.8. The number of allylic oxidation sites excluding steroid dienone is 6. The highest BCUT2D eigenvalue weighted by Crippen LogP contribution is 2.43. The Labute approximate surface area is 312 Å². The van der Waals surface area contributed by atoms with E-state index < -0.39 is 32.5 Å². The molecule has 0 aliphatic heterocycles. The molecule has 0 spiro atoms. The topological polar surface area (TPSA) is 134 Å². The van der Waals surface area contributed by atoms with Crippen LogP contribution in [0.4, 0.5) is 0 Å². The van der Waals surface area contributed by atoms with Crippen molar-refractivity contribution in [1.82, 2.24) is 0 Å². The summed E-state index contributed by atoms with van der Waals surface area (Å²) < 4.78 is 32.7. The minimum atomic E-state index is -4.38. The molecule has 0 fully saturated rings. The maximum Gasteiger partial charge on any atom is 0.472 e. The zero-order chi connectivity index (χ0) is 37.5. The summed E-state index contributed by atoms with van der Waals surface area (Å²) in [6.45, 7) is 3.65. The fourth-order valence-corrected chi connectivity index (χ4v) is 6.17. The summed E-state index contributed by atoms with van der Waals surface area (Å²) >= 11 is 0. The van der Waals surface area contributed by atoms with Gasteiger partial charge in [-0.2, -0.15) is 0 Å². The number of esters is 2. The van der Waals surface area contributed by atoms with Gasteiger partial charge in [-0.3, -0.25) is 18.6 Å². The van der Waals surface area contributed by atoms with E-state index in [-0.39, 0.29) is 32.6 Å². The van der Waals surface area contributed by atoms with Gasteiger partial charge in [0, 0.05) is 19.4 Å². The first-order valence-electron chi connectivity index (χ1n) is 20.5. The lowest BCUT2D eigenvalue weighted by molar-refractivity contribution is -0.161. The molecule has 0 bridgehead atoms. The number of phosphoric acid groups is 1. The number of ether oxygens (including phenoxy) is 2. The van der Waals surface area contributed by atoms with Crippen LogP contribution in [0.25, 0.3) is 0 Å². The van der Waals surface area contributed by atoms with Crippen LogP contribution in [-0.2, 0) is 32.7 Å². The third-order valence-corrected chi connectivity index (χ3v) is 9.48. The number of nitrogens with two attached hydrogens (primary N) is 1. The lowest BCUT2D eigenvalue weighted by Crippen LogP contribution is -2.29. The second kappa shape index (κ2) is 38.0. The summed E-state index contributed by atoms with van der Waals surface area (Å²) in [5.41, 5.74) is 5.34. The maximum atomic E-state index is 12.5. The first-order valence-corrected chi connectivity index (χ1v) is 22.0. The van der Waals surface area contributed by atoms with Crippen molar-refractivity contribution in [3.8, 4) is 0 Å². The van der Waals surface area contributed by atoms with Gasteiger partial charge in [0.25, 0.3) is 0 Å². The zero-order valence-corrected chi connectivity index (χ0v) is 33.5. The molecule has 0 aromatic carbocycles. The number of phosphoric ester groups is 1. The monoisotopic (exact) mass is 742 g/mol. The van der Waals surface area contributed by atoms with E-state index in [4.69, 9.17) is 24.3 Å². The minimum absolute atomic E-state index is 0.0488. The van der Waals surface area contributed by atoms with E-state index >= 15 is 0 Å². The molecule has 0 aromatic heterocycles. The van der Waals surface area contributed by atoms with Crippen LogP contribution in [0.15, 0.2) is 36.5 Å². The Morgan fingerprint density at radius 3 is 1.61 bits per heavy atom. The number of hydrogen-bond donors (Lipinski definition) is 2. The van der Waals surface area contributed by atoms with Crippen molar-refractivity contribution in [3.05, 3.63) is 36.5 Å². The molecule has 0 aromatic rings. The Morgan fingerprint density at radius 1 is 0.588 bits per heavy atom. The number of carbonyl (C=O) groups is 2. The van der Waals surface area contributed by atoms with Crippen molar-refractivity contribution in [2.24, 2.45) is 5.73 Å². The number of carbonyl (C=O) groups excluding carboxylic acids is 2. The van der Waals surface area contributed by atoms with Gasteiger partial charge in [0.1, 0.15) is 6.61 Å². The van der Waals surface area contributed by atoms with Crippen LogP contribution >= 0.6 is 7.82 Å². The Kier molecular flexibility index (Phi) is 36.7. The Morgan fingerprint density at radius 2 is 1.04 bits per heavy atom. The number of unbranched alkanes of at least 4 members (excludes halogenated alkanes) is 19. The molecule has 298 valence electrons. The van der Waals surface area contributed by atoms with Gasteiger partial charge < -0.3 is 20.1 Å². The molecule has 0 saturated carbocycles. The second-order valence-corrected chi connectivity index (χ2v) is 14.9. The van der Waals surface area contributed by atoms with Gasteiger partial charge in [0.05, 0.1) is 13.2 Å². The molecule has 0 saturated heterocycles. The van der Waals surface area contributed by atoms with Crippen LogP contribution in [0.5, 0.6) is 0 Å². The van der Waals surface area contributed by atoms with E-state index in [1.165, 1.54) is 96.3 Å². The van der Waals surface area contributed by atoms with E-state index in [9.17, 15) is 19.0 Å². The molecule has 0 heterocycles. The van der Waals surface area contributed by atoms with Crippen molar-refractivity contribution in [2.45, 2.75) is 187 Å². The molecule has 51 heavy (non-hydrogen) atoms. The number of rotatable bonds is 38. The smallest absolute Gasteiger partial charge is 0.462 e. The standard InChI is InChI=1S/C41H76NO8P/c1-3-5-7-9-11-13-15-17-19-21-23-25-27-29-31-33-40(43)47-37-39(38-49-51(45,46)48-36-35-42)50-41(44)34-32-30-28-26-24-22-20-18-16-14-12-10-8-6-4-2/h10,12,17,19,23,25,39H,3-9,11,13-16,18,20-22,24,26-38,42H2,1-2H3,(H,45,46)/b12-10+,19-17+,25-23+/t39-/m1/s1. The van der Waals surface area contributed by atoms with Crippen LogP contribution in [0.1, 0.15) is 181 Å². The molecular formula is C41H76NO8P. The van der Waals surface area contributed by atoms with Crippen LogP contribution in [-0.4, -0.2) is 49.3 Å². The van der Waals surface area contributed by atoms with Gasteiger partial charge in [-0.1, -0.05) is 140 Å². The predicted octanol–water partition coefficient (Wildman–Crippen LogP) is 11.4. The molecule has 0 radical (unpaired) electrons. The lowest BCUT2D eigenvalue weighted by Gasteiger charge is -2.19. The molecule has 1 unspecified atom stereocenters. The van der Waals surface area contributed by atoms with Crippen LogP contribution in [0.2, 0.25) is 0 Å². The van der Waals surface area contributed by atoms with E-state index in [1.807, 2.05) is 0 Å². The highest BCUT2D eigenvalue weighted by molar-refractivity contribution is 7.47. The molecular weight excluding hydrogens is 665 g/mol. The average Bonchev–Trinajstić information content (AvgIpc) is 3.11. The van der Waals surface area contributed by atoms with E-state index in [0.29, 0.717) is 12.8 Å². The van der Waals surface area contributed by atoms with Gasteiger partial charge in [-0.05, 0) is 64.2 Å². The molecule has 2 atom stereocenters. The summed E-state index contributed by atoms with van der Waals surface area (Å²) in [5.74, 6) is -0.869. The third kappa shape index (κ3) is 37.8. The maximum absolute atomic E-state index is 12.5. The first-order chi connectivity index (χ1) is 24.8. The predicted molar refractivity (Wildman–Crippen MR) is 210 cm³/mol. The molecule has 0 aliphatic carbocycles. The molecule has 0 aliphatic rings. The van der Waals surface area contributed by atoms with Gasteiger partial charge in [0.15, 0.2) is 6.10 Å². The fraction of sp³-hybridized carbons (Fsp3) is 0.805. The molecule has 0 amide bonds. The SMILES string of the molecule is CCCC/C=C/CCCCCCCCCCCC(=O)O[C@H](COC(=O)CCCC/C=C/C/C=C/CCCCCCCC)COP(=O)(O)OCCN. The van der Waals surface area contributed by atoms with Crippen LogP contribution in [0, 0.1) is 0 Å². The largest absolute Gasteiger partial charge is 0.472 e. The highest BCUT2D eigenvalue weighted by Gasteiger charge is 2.25. The van der Waals surface area contributed by atoms with Crippen molar-refractivity contribution in [1.29, 1.82) is 0 Å². The van der Waals surface area contributed by atoms with E-state index in [0.717, 1.165) is 44.9 Å². The summed E-state index contributed by atoms with van der Waals surface area (Å²) in [6, 6.07) is 0. The second-order valence-electron chi connectivity index (χ2n) is 13.5. The third-order valence-electron chi connectivity index (χ3n) is 8.50. The minimum Gasteiger partial charge on any atom is -0.462 e. The van der Waals surface area contributed by atoms with Gasteiger partial charge in [-0.25, -0.2) is 4.57 Å². The van der Waals surface area contributed by atoms with E-state index in [1.54, 1.807) is 0 Å². The summed E-state index contributed by atoms with van der Waals surface area (Å²) in [6.07, 6.45) is 40.3. The summed E-state index contributed by atoms with van der Waals surface area (Å²) in [5, 5.41) is 0. The highest BCUT2D eigenvalue weighted by atomic mass is 31.2. The zero-order valence-electron chi connectivity index (χ0n) is 32.6. The van der Waals surface area contributed by atoms with Crippen molar-refractivity contribution in [2.75, 3.05) is 26.4 Å². The number of hydrogen-bond acceptors (Lipinski definition) is 8. The van der Waals surface area contributed by atoms with Crippen molar-refractivity contribution >= 4 is 19.8 Å². The normalized spacial score (nSPS) is 13.7. The van der Waals surface area contributed by atoms with Gasteiger partial charge in [0.2, 0.25) is 0 Å². The molecule has 10 heteroatoms. The van der Waals surface area contributed by atoms with Crippen LogP contribution in [0.3, 0.4) is 0 Å². The Bertz CT molecular complexity index is 939. The Hall–Kier alpha value is -1.77. The van der Waals surface area contributed by atoms with Gasteiger partial charge in [-0.15, -0.1) is 0 Å². The van der Waals surface area contributed by atoms with Crippen molar-refractivity contribution in [3.63, 3.8) is 0 Å². The molecule has 9 nitrogen and oxygen atoms in total. The average molecular weight is 742 g/mol. The fourth-order valence-electron chi connectivity index (χ4n) is 5.41. The molecule has 3 N–H and O–H groups in total. The van der Waals surface area contributed by atoms with Crippen LogP contribution < -0.4 is 5.73 Å². The van der Waals surface area contributed by atoms with E-state index in [2.05, 4.69) is 50.3 Å². The lowest BCUT2D eigenvalue weighted by atomic mass is 10.1. The van der Waals surface area contributed by atoms with Gasteiger partial charge >= 0.3 is 19.8 Å². The molecule has 0 rings (SSSR count). The quantitative estimate of drug-likeness (QED) is 0.0274. The first kappa shape index (κ1) is 49.2. The summed E-state index contributed by atoms with van der Waals surface area (Å²) in [7, 11) is -4.38. The Balaban J connectivity index is 4.24. The van der Waals surface area contributed by atoms with Crippen molar-refractivity contribution < 1.29 is 37.6 Å².